The summed E-state index contributed by atoms with van der Waals surface area (Å²) >= 11 is 0. The first-order valence-corrected chi connectivity index (χ1v) is 6.27. The third kappa shape index (κ3) is 2.46. The number of hydrogen-bond donors (Lipinski definition) is 0. The highest BCUT2D eigenvalue weighted by Gasteiger charge is 2.20. The largest absolute Gasteiger partial charge is 0.237 e. The molecule has 2 heteroatoms. The van der Waals surface area contributed by atoms with Crippen molar-refractivity contribution in [2.24, 2.45) is 0 Å². The van der Waals surface area contributed by atoms with E-state index in [0.717, 1.165) is 23.9 Å². The van der Waals surface area contributed by atoms with Gasteiger partial charge in [0.25, 0.3) is 0 Å². The number of aryl methyl sites for hydroxylation is 1. The van der Waals surface area contributed by atoms with Gasteiger partial charge in [0.1, 0.15) is 0 Å². The van der Waals surface area contributed by atoms with Gasteiger partial charge in [-0.25, -0.2) is 9.97 Å². The Morgan fingerprint density at radius 3 is 2.65 bits per heavy atom. The second-order valence-corrected chi connectivity index (χ2v) is 5.55. The van der Waals surface area contributed by atoms with Crippen molar-refractivity contribution in [2.75, 3.05) is 0 Å². The molecule has 0 spiro atoms. The summed E-state index contributed by atoms with van der Waals surface area (Å²) < 4.78 is 0. The zero-order chi connectivity index (χ0) is 12.5. The van der Waals surface area contributed by atoms with Crippen LogP contribution in [0.15, 0.2) is 24.4 Å². The van der Waals surface area contributed by atoms with E-state index < -0.39 is 0 Å². The lowest BCUT2D eigenvalue weighted by Gasteiger charge is -2.21. The van der Waals surface area contributed by atoms with Crippen LogP contribution < -0.4 is 0 Å². The van der Waals surface area contributed by atoms with E-state index in [4.69, 9.17) is 4.98 Å². The summed E-state index contributed by atoms with van der Waals surface area (Å²) in [4.78, 5) is 9.10. The standard InChI is InChI=1S/C15H20N2/c1-5-7-11-10-12-8-6-9-16-14(12)17-13(11)15(2,3)4/h6,8-10H,5,7H2,1-4H3. The van der Waals surface area contributed by atoms with Crippen molar-refractivity contribution >= 4 is 11.0 Å². The quantitative estimate of drug-likeness (QED) is 0.779. The third-order valence-electron chi connectivity index (χ3n) is 2.90. The number of hydrogen-bond acceptors (Lipinski definition) is 2. The highest BCUT2D eigenvalue weighted by atomic mass is 14.9. The van der Waals surface area contributed by atoms with Crippen molar-refractivity contribution in [3.05, 3.63) is 35.7 Å². The fourth-order valence-corrected chi connectivity index (χ4v) is 2.16. The maximum absolute atomic E-state index is 4.75. The molecule has 0 aromatic carbocycles. The lowest BCUT2D eigenvalue weighted by molar-refractivity contribution is 0.561. The van der Waals surface area contributed by atoms with Crippen LogP contribution in [-0.2, 0) is 11.8 Å². The van der Waals surface area contributed by atoms with E-state index in [2.05, 4.69) is 44.8 Å². The van der Waals surface area contributed by atoms with Crippen LogP contribution in [0.25, 0.3) is 11.0 Å². The Bertz CT molecular complexity index is 524. The fraction of sp³-hybridized carbons (Fsp3) is 0.467. The van der Waals surface area contributed by atoms with Crippen LogP contribution in [0.4, 0.5) is 0 Å². The molecule has 0 bridgehead atoms. The van der Waals surface area contributed by atoms with Gasteiger partial charge < -0.3 is 0 Å². The van der Waals surface area contributed by atoms with E-state index in [9.17, 15) is 0 Å². The van der Waals surface area contributed by atoms with Gasteiger partial charge in [0.05, 0.1) is 5.69 Å². The first-order valence-electron chi connectivity index (χ1n) is 6.27. The summed E-state index contributed by atoms with van der Waals surface area (Å²) in [7, 11) is 0. The second-order valence-electron chi connectivity index (χ2n) is 5.55. The number of nitrogens with zero attached hydrogens (tertiary/aromatic N) is 2. The Hall–Kier alpha value is -1.44. The topological polar surface area (TPSA) is 25.8 Å². The Morgan fingerprint density at radius 1 is 1.24 bits per heavy atom. The van der Waals surface area contributed by atoms with Crippen LogP contribution in [-0.4, -0.2) is 9.97 Å². The minimum atomic E-state index is 0.0796. The third-order valence-corrected chi connectivity index (χ3v) is 2.90. The summed E-state index contributed by atoms with van der Waals surface area (Å²) in [6.45, 7) is 8.84. The van der Waals surface area contributed by atoms with Crippen LogP contribution in [0.1, 0.15) is 45.4 Å². The average molecular weight is 228 g/mol. The highest BCUT2D eigenvalue weighted by Crippen LogP contribution is 2.27. The molecule has 0 aliphatic heterocycles. The normalized spacial score (nSPS) is 12.0. The molecule has 0 N–H and O–H groups in total. The molecule has 0 saturated carbocycles. The van der Waals surface area contributed by atoms with Gasteiger partial charge in [0.15, 0.2) is 5.65 Å². The zero-order valence-electron chi connectivity index (χ0n) is 11.1. The lowest BCUT2D eigenvalue weighted by atomic mass is 9.86. The molecule has 2 heterocycles. The van der Waals surface area contributed by atoms with E-state index in [0.29, 0.717) is 0 Å². The van der Waals surface area contributed by atoms with Crippen molar-refractivity contribution in [3.8, 4) is 0 Å². The molecule has 2 rings (SSSR count). The molecule has 2 nitrogen and oxygen atoms in total. The SMILES string of the molecule is CCCc1cc2cccnc2nc1C(C)(C)C. The molecule has 0 fully saturated rings. The van der Waals surface area contributed by atoms with Gasteiger partial charge in [0.2, 0.25) is 0 Å². The number of pyridine rings is 2. The van der Waals surface area contributed by atoms with E-state index in [1.165, 1.54) is 11.3 Å². The number of fused-ring (bicyclic) bond motifs is 1. The average Bonchev–Trinajstić information content (AvgIpc) is 2.27. The predicted octanol–water partition coefficient (Wildman–Crippen LogP) is 3.88. The van der Waals surface area contributed by atoms with Crippen LogP contribution in [0.5, 0.6) is 0 Å². The molecular formula is C15H20N2. The Morgan fingerprint density at radius 2 is 2.00 bits per heavy atom. The highest BCUT2D eigenvalue weighted by molar-refractivity contribution is 5.75. The first kappa shape index (κ1) is 12.0. The molecule has 0 radical (unpaired) electrons. The Balaban J connectivity index is 2.66. The van der Waals surface area contributed by atoms with E-state index in [-0.39, 0.29) is 5.41 Å². The van der Waals surface area contributed by atoms with Gasteiger partial charge >= 0.3 is 0 Å². The molecule has 0 amide bonds. The minimum Gasteiger partial charge on any atom is -0.237 e. The van der Waals surface area contributed by atoms with Crippen molar-refractivity contribution in [1.82, 2.24) is 9.97 Å². The molecule has 2 aromatic rings. The predicted molar refractivity (Wildman–Crippen MR) is 72.2 cm³/mol. The molecule has 2 aromatic heterocycles. The molecule has 0 unspecified atom stereocenters. The molecule has 0 aliphatic carbocycles. The maximum Gasteiger partial charge on any atom is 0.159 e. The van der Waals surface area contributed by atoms with Gasteiger partial charge in [-0.15, -0.1) is 0 Å². The zero-order valence-corrected chi connectivity index (χ0v) is 11.1. The summed E-state index contributed by atoms with van der Waals surface area (Å²) in [5.74, 6) is 0. The molecule has 0 saturated heterocycles. The van der Waals surface area contributed by atoms with E-state index in [1.54, 1.807) is 6.20 Å². The van der Waals surface area contributed by atoms with Crippen molar-refractivity contribution in [3.63, 3.8) is 0 Å². The van der Waals surface area contributed by atoms with Gasteiger partial charge in [0, 0.05) is 17.0 Å². The molecule has 90 valence electrons. The monoisotopic (exact) mass is 228 g/mol. The Labute approximate surface area is 103 Å². The fourth-order valence-electron chi connectivity index (χ4n) is 2.16. The van der Waals surface area contributed by atoms with Gasteiger partial charge in [-0.1, -0.05) is 34.1 Å². The number of rotatable bonds is 2. The van der Waals surface area contributed by atoms with Crippen molar-refractivity contribution in [1.29, 1.82) is 0 Å². The second kappa shape index (κ2) is 4.44. The summed E-state index contributed by atoms with van der Waals surface area (Å²) in [6.07, 6.45) is 4.04. The van der Waals surface area contributed by atoms with Gasteiger partial charge in [-0.3, -0.25) is 0 Å². The van der Waals surface area contributed by atoms with Crippen LogP contribution >= 0.6 is 0 Å². The van der Waals surface area contributed by atoms with Crippen molar-refractivity contribution < 1.29 is 0 Å². The molecular weight excluding hydrogens is 208 g/mol. The van der Waals surface area contributed by atoms with Crippen molar-refractivity contribution in [2.45, 2.75) is 46.0 Å². The molecule has 17 heavy (non-hydrogen) atoms. The lowest BCUT2D eigenvalue weighted by Crippen LogP contribution is -2.17. The summed E-state index contributed by atoms with van der Waals surface area (Å²) in [5, 5.41) is 1.14. The van der Waals surface area contributed by atoms with Gasteiger partial charge in [-0.2, -0.15) is 0 Å². The minimum absolute atomic E-state index is 0.0796. The smallest absolute Gasteiger partial charge is 0.159 e. The number of aromatic nitrogens is 2. The molecule has 0 atom stereocenters. The Kier molecular flexibility index (Phi) is 3.14. The van der Waals surface area contributed by atoms with Crippen LogP contribution in [0, 0.1) is 0 Å². The summed E-state index contributed by atoms with van der Waals surface area (Å²) in [5.41, 5.74) is 3.49. The maximum atomic E-state index is 4.75. The van der Waals surface area contributed by atoms with Gasteiger partial charge in [-0.05, 0) is 30.2 Å². The summed E-state index contributed by atoms with van der Waals surface area (Å²) in [6, 6.07) is 6.30. The molecule has 0 aliphatic rings. The van der Waals surface area contributed by atoms with E-state index in [1.807, 2.05) is 6.07 Å². The van der Waals surface area contributed by atoms with Crippen LogP contribution in [0.2, 0.25) is 0 Å². The van der Waals surface area contributed by atoms with E-state index >= 15 is 0 Å². The van der Waals surface area contributed by atoms with Crippen LogP contribution in [0.3, 0.4) is 0 Å². The first-order chi connectivity index (χ1) is 8.02.